The van der Waals surface area contributed by atoms with E-state index in [-0.39, 0.29) is 5.88 Å². The Bertz CT molecular complexity index is 1140. The van der Waals surface area contributed by atoms with Crippen LogP contribution in [0.15, 0.2) is 67.0 Å². The molecule has 0 saturated heterocycles. The van der Waals surface area contributed by atoms with Crippen molar-refractivity contribution in [2.45, 2.75) is 6.61 Å². The first-order valence-electron chi connectivity index (χ1n) is 8.57. The summed E-state index contributed by atoms with van der Waals surface area (Å²) in [6.45, 7) is 0.432. The van der Waals surface area contributed by atoms with Crippen LogP contribution in [0, 0.1) is 0 Å². The van der Waals surface area contributed by atoms with Crippen LogP contribution in [-0.4, -0.2) is 15.1 Å². The number of ether oxygens (including phenoxy) is 1. The second-order valence-electron chi connectivity index (χ2n) is 6.17. The summed E-state index contributed by atoms with van der Waals surface area (Å²) < 4.78 is 5.80. The van der Waals surface area contributed by atoms with Gasteiger partial charge in [0.1, 0.15) is 24.2 Å². The molecule has 4 aromatic rings. The Morgan fingerprint density at radius 1 is 1.04 bits per heavy atom. The summed E-state index contributed by atoms with van der Waals surface area (Å²) in [6, 6.07) is 18.7. The van der Waals surface area contributed by atoms with Crippen LogP contribution in [0.4, 0.5) is 17.1 Å². The highest BCUT2D eigenvalue weighted by Gasteiger charge is 2.12. The lowest BCUT2D eigenvalue weighted by Gasteiger charge is -2.13. The predicted molar refractivity (Wildman–Crippen MR) is 111 cm³/mol. The smallest absolute Gasteiger partial charge is 0.224 e. The number of aromatic hydroxyl groups is 1. The maximum atomic E-state index is 10.1. The molecule has 0 unspecified atom stereocenters. The van der Waals surface area contributed by atoms with Crippen molar-refractivity contribution >= 4 is 39.6 Å². The third kappa shape index (κ3) is 3.63. The van der Waals surface area contributed by atoms with Crippen LogP contribution in [0.25, 0.3) is 10.9 Å². The monoisotopic (exact) mass is 392 g/mol. The van der Waals surface area contributed by atoms with E-state index in [0.717, 1.165) is 11.3 Å². The highest BCUT2D eigenvalue weighted by molar-refractivity contribution is 6.32. The van der Waals surface area contributed by atoms with Crippen LogP contribution in [0.1, 0.15) is 5.56 Å². The number of nitrogens with one attached hydrogen (secondary N) is 1. The summed E-state index contributed by atoms with van der Waals surface area (Å²) in [5.41, 5.74) is 9.29. The molecule has 140 valence electrons. The summed E-state index contributed by atoms with van der Waals surface area (Å²) in [5, 5.41) is 14.3. The Kier molecular flexibility index (Phi) is 4.87. The molecule has 0 aliphatic rings. The van der Waals surface area contributed by atoms with Crippen LogP contribution in [0.5, 0.6) is 11.6 Å². The largest absolute Gasteiger partial charge is 0.493 e. The zero-order chi connectivity index (χ0) is 19.5. The van der Waals surface area contributed by atoms with Gasteiger partial charge >= 0.3 is 0 Å². The van der Waals surface area contributed by atoms with Gasteiger partial charge in [-0.05, 0) is 35.9 Å². The second-order valence-corrected chi connectivity index (χ2v) is 6.57. The number of nitrogens with two attached hydrogens (primary N) is 1. The summed E-state index contributed by atoms with van der Waals surface area (Å²) in [4.78, 5) is 7.98. The highest BCUT2D eigenvalue weighted by Crippen LogP contribution is 2.35. The average molecular weight is 393 g/mol. The number of anilines is 3. The molecule has 0 aliphatic carbocycles. The second kappa shape index (κ2) is 7.62. The van der Waals surface area contributed by atoms with E-state index in [2.05, 4.69) is 15.3 Å². The van der Waals surface area contributed by atoms with Gasteiger partial charge in [-0.15, -0.1) is 0 Å². The Balaban J connectivity index is 1.57. The fourth-order valence-corrected chi connectivity index (χ4v) is 3.10. The number of nitrogen functional groups attached to an aromatic ring is 1. The predicted octanol–water partition coefficient (Wildman–Crippen LogP) is 4.89. The Labute approximate surface area is 166 Å². The maximum absolute atomic E-state index is 10.1. The molecule has 0 bridgehead atoms. The van der Waals surface area contributed by atoms with E-state index in [1.807, 2.05) is 36.4 Å². The molecule has 0 spiro atoms. The third-order valence-electron chi connectivity index (χ3n) is 4.25. The first-order valence-corrected chi connectivity index (χ1v) is 8.95. The maximum Gasteiger partial charge on any atom is 0.224 e. The first-order chi connectivity index (χ1) is 13.6. The molecular formula is C21H17ClN4O2. The van der Waals surface area contributed by atoms with E-state index in [0.29, 0.717) is 39.7 Å². The number of aromatic nitrogens is 2. The van der Waals surface area contributed by atoms with E-state index in [9.17, 15) is 5.11 Å². The number of halogens is 1. The van der Waals surface area contributed by atoms with Crippen LogP contribution in [0.3, 0.4) is 0 Å². The van der Waals surface area contributed by atoms with Gasteiger partial charge in [-0.3, -0.25) is 0 Å². The van der Waals surface area contributed by atoms with Crippen LogP contribution in [0.2, 0.25) is 5.02 Å². The van der Waals surface area contributed by atoms with Gasteiger partial charge in [-0.2, -0.15) is 0 Å². The van der Waals surface area contributed by atoms with Crippen LogP contribution >= 0.6 is 11.6 Å². The minimum atomic E-state index is -0.145. The van der Waals surface area contributed by atoms with E-state index in [1.54, 1.807) is 24.3 Å². The summed E-state index contributed by atoms with van der Waals surface area (Å²) in [7, 11) is 0. The molecule has 0 amide bonds. The molecular weight excluding hydrogens is 376 g/mol. The minimum Gasteiger partial charge on any atom is -0.493 e. The van der Waals surface area contributed by atoms with Crippen molar-refractivity contribution in [2.75, 3.05) is 11.1 Å². The Hall–Kier alpha value is -3.51. The van der Waals surface area contributed by atoms with Gasteiger partial charge in [0.05, 0.1) is 21.8 Å². The molecule has 3 aromatic carbocycles. The quantitative estimate of drug-likeness (QED) is 0.418. The number of benzene rings is 3. The lowest BCUT2D eigenvalue weighted by Crippen LogP contribution is -1.98. The van der Waals surface area contributed by atoms with Crippen molar-refractivity contribution in [1.82, 2.24) is 9.97 Å². The highest BCUT2D eigenvalue weighted by atomic mass is 35.5. The molecule has 4 rings (SSSR count). The Morgan fingerprint density at radius 2 is 1.86 bits per heavy atom. The van der Waals surface area contributed by atoms with Gasteiger partial charge in [-0.1, -0.05) is 41.9 Å². The van der Waals surface area contributed by atoms with Gasteiger partial charge in [0.15, 0.2) is 0 Å². The average Bonchev–Trinajstić information content (AvgIpc) is 2.70. The zero-order valence-corrected chi connectivity index (χ0v) is 15.5. The molecule has 6 nitrogen and oxygen atoms in total. The molecule has 1 aromatic heterocycles. The van der Waals surface area contributed by atoms with Gasteiger partial charge in [0.2, 0.25) is 5.88 Å². The number of fused-ring (bicyclic) bond motifs is 1. The standard InChI is InChI=1S/C21H17ClN4O2/c22-15-10-14(6-9-18(15)28-11-13-4-2-1-3-5-13)26-17-8-7-16(23)20-19(17)21(27)25-12-24-20/h1-10,12,26H,11,23H2,(H,24,25,27). The fourth-order valence-electron chi connectivity index (χ4n) is 2.87. The number of rotatable bonds is 5. The minimum absolute atomic E-state index is 0.145. The molecule has 0 fully saturated rings. The normalized spacial score (nSPS) is 10.8. The molecule has 7 heteroatoms. The Morgan fingerprint density at radius 3 is 2.64 bits per heavy atom. The molecule has 0 aliphatic heterocycles. The summed E-state index contributed by atoms with van der Waals surface area (Å²) >= 11 is 6.38. The summed E-state index contributed by atoms with van der Waals surface area (Å²) in [5.74, 6) is 0.443. The topological polar surface area (TPSA) is 93.3 Å². The van der Waals surface area contributed by atoms with Gasteiger partial charge in [0, 0.05) is 5.69 Å². The third-order valence-corrected chi connectivity index (χ3v) is 4.54. The molecule has 4 N–H and O–H groups in total. The number of nitrogens with zero attached hydrogens (tertiary/aromatic N) is 2. The van der Waals surface area contributed by atoms with Gasteiger partial charge in [0.25, 0.3) is 0 Å². The lowest BCUT2D eigenvalue weighted by atomic mass is 10.1. The van der Waals surface area contributed by atoms with Gasteiger partial charge < -0.3 is 20.9 Å². The van der Waals surface area contributed by atoms with E-state index in [4.69, 9.17) is 22.1 Å². The van der Waals surface area contributed by atoms with Crippen molar-refractivity contribution in [2.24, 2.45) is 0 Å². The molecule has 0 radical (unpaired) electrons. The van der Waals surface area contributed by atoms with Crippen molar-refractivity contribution in [3.05, 3.63) is 77.6 Å². The van der Waals surface area contributed by atoms with E-state index in [1.165, 1.54) is 6.33 Å². The molecule has 0 atom stereocenters. The lowest BCUT2D eigenvalue weighted by molar-refractivity contribution is 0.306. The fraction of sp³-hybridized carbons (Fsp3) is 0.0476. The van der Waals surface area contributed by atoms with Crippen molar-refractivity contribution in [3.63, 3.8) is 0 Å². The molecule has 1 heterocycles. The SMILES string of the molecule is Nc1ccc(Nc2ccc(OCc3ccccc3)c(Cl)c2)c2c(O)ncnc12. The number of hydrogen-bond acceptors (Lipinski definition) is 6. The van der Waals surface area contributed by atoms with E-state index >= 15 is 0 Å². The van der Waals surface area contributed by atoms with Crippen LogP contribution in [-0.2, 0) is 6.61 Å². The summed E-state index contributed by atoms with van der Waals surface area (Å²) in [6.07, 6.45) is 1.27. The molecule has 28 heavy (non-hydrogen) atoms. The van der Waals surface area contributed by atoms with Crippen LogP contribution < -0.4 is 15.8 Å². The van der Waals surface area contributed by atoms with Crippen molar-refractivity contribution in [3.8, 4) is 11.6 Å². The molecule has 0 saturated carbocycles. The van der Waals surface area contributed by atoms with Crippen molar-refractivity contribution in [1.29, 1.82) is 0 Å². The number of hydrogen-bond donors (Lipinski definition) is 3. The van der Waals surface area contributed by atoms with Gasteiger partial charge in [-0.25, -0.2) is 9.97 Å². The first kappa shape index (κ1) is 17.9. The van der Waals surface area contributed by atoms with Crippen molar-refractivity contribution < 1.29 is 9.84 Å². The zero-order valence-electron chi connectivity index (χ0n) is 14.8. The van der Waals surface area contributed by atoms with E-state index < -0.39 is 0 Å².